The molecule has 21 heavy (non-hydrogen) atoms. The average Bonchev–Trinajstić information content (AvgIpc) is 2.84. The minimum absolute atomic E-state index is 0.110. The van der Waals surface area contributed by atoms with Crippen molar-refractivity contribution in [1.82, 2.24) is 20.1 Å². The maximum absolute atomic E-state index is 6.31. The molecule has 0 saturated carbocycles. The summed E-state index contributed by atoms with van der Waals surface area (Å²) in [5.74, 6) is 0. The molecule has 5 heteroatoms. The zero-order valence-electron chi connectivity index (χ0n) is 12.9. The van der Waals surface area contributed by atoms with E-state index in [0.717, 1.165) is 37.2 Å². The van der Waals surface area contributed by atoms with Crippen molar-refractivity contribution in [2.75, 3.05) is 6.54 Å². The van der Waals surface area contributed by atoms with Crippen LogP contribution in [0, 0.1) is 0 Å². The lowest BCUT2D eigenvalue weighted by atomic mass is 10.1. The number of rotatable bonds is 7. The summed E-state index contributed by atoms with van der Waals surface area (Å²) < 4.78 is 1.95. The van der Waals surface area contributed by atoms with E-state index in [1.54, 1.807) is 6.20 Å². The summed E-state index contributed by atoms with van der Waals surface area (Å²) in [6.45, 7) is 5.22. The van der Waals surface area contributed by atoms with E-state index in [2.05, 4.69) is 35.3 Å². The van der Waals surface area contributed by atoms with Gasteiger partial charge in [-0.3, -0.25) is 9.67 Å². The molecule has 2 aromatic heterocycles. The lowest BCUT2D eigenvalue weighted by Crippen LogP contribution is -2.26. The van der Waals surface area contributed by atoms with Crippen molar-refractivity contribution in [2.24, 2.45) is 7.05 Å². The van der Waals surface area contributed by atoms with E-state index < -0.39 is 0 Å². The van der Waals surface area contributed by atoms with Gasteiger partial charge >= 0.3 is 0 Å². The maximum Gasteiger partial charge on any atom is 0.0762 e. The first-order chi connectivity index (χ1) is 10.2. The van der Waals surface area contributed by atoms with Crippen LogP contribution in [0.3, 0.4) is 0 Å². The summed E-state index contributed by atoms with van der Waals surface area (Å²) in [6.07, 6.45) is 4.65. The third-order valence-electron chi connectivity index (χ3n) is 3.56. The fraction of sp³-hybridized carbons (Fsp3) is 0.500. The second-order valence-electron chi connectivity index (χ2n) is 5.19. The van der Waals surface area contributed by atoms with E-state index in [0.29, 0.717) is 5.02 Å². The molecule has 0 bridgehead atoms. The van der Waals surface area contributed by atoms with Gasteiger partial charge in [-0.25, -0.2) is 0 Å². The average molecular weight is 307 g/mol. The van der Waals surface area contributed by atoms with E-state index in [-0.39, 0.29) is 6.04 Å². The standard InChI is InChI=1S/C16H23ClN4/c1-4-8-18-15(16-14(17)7-6-9-19-16)11-13-10-12(5-2)20-21(13)3/h6-7,9-10,15,18H,4-5,8,11H2,1-3H3. The summed E-state index contributed by atoms with van der Waals surface area (Å²) in [6, 6.07) is 6.03. The number of nitrogens with one attached hydrogen (secondary N) is 1. The maximum atomic E-state index is 6.31. The normalized spacial score (nSPS) is 12.6. The molecule has 0 amide bonds. The molecule has 0 fully saturated rings. The molecule has 2 rings (SSSR count). The van der Waals surface area contributed by atoms with Crippen LogP contribution in [0.25, 0.3) is 0 Å². The van der Waals surface area contributed by atoms with E-state index in [1.165, 1.54) is 5.69 Å². The first-order valence-electron chi connectivity index (χ1n) is 7.51. The highest BCUT2D eigenvalue weighted by molar-refractivity contribution is 6.31. The van der Waals surface area contributed by atoms with Crippen LogP contribution in [0.15, 0.2) is 24.4 Å². The number of pyridine rings is 1. The lowest BCUT2D eigenvalue weighted by Gasteiger charge is -2.19. The second kappa shape index (κ2) is 7.57. The summed E-state index contributed by atoms with van der Waals surface area (Å²) >= 11 is 6.31. The number of hydrogen-bond acceptors (Lipinski definition) is 3. The Bertz CT molecular complexity index is 579. The largest absolute Gasteiger partial charge is 0.308 e. The molecular formula is C16H23ClN4. The summed E-state index contributed by atoms with van der Waals surface area (Å²) in [4.78, 5) is 4.46. The van der Waals surface area contributed by atoms with Gasteiger partial charge in [0, 0.05) is 25.4 Å². The Labute approximate surface area is 131 Å². The van der Waals surface area contributed by atoms with Gasteiger partial charge < -0.3 is 5.32 Å². The monoisotopic (exact) mass is 306 g/mol. The Hall–Kier alpha value is -1.39. The van der Waals surface area contributed by atoms with Gasteiger partial charge in [0.15, 0.2) is 0 Å². The highest BCUT2D eigenvalue weighted by Crippen LogP contribution is 2.23. The van der Waals surface area contributed by atoms with Gasteiger partial charge in [0.1, 0.15) is 0 Å². The van der Waals surface area contributed by atoms with Gasteiger partial charge in [-0.05, 0) is 37.6 Å². The van der Waals surface area contributed by atoms with Crippen LogP contribution in [-0.2, 0) is 19.9 Å². The molecule has 1 unspecified atom stereocenters. The van der Waals surface area contributed by atoms with Gasteiger partial charge in [-0.15, -0.1) is 0 Å². The first kappa shape index (κ1) is 16.0. The van der Waals surface area contributed by atoms with Gasteiger partial charge in [0.05, 0.1) is 22.5 Å². The number of aromatic nitrogens is 3. The first-order valence-corrected chi connectivity index (χ1v) is 7.89. The number of hydrogen-bond donors (Lipinski definition) is 1. The Morgan fingerprint density at radius 2 is 2.19 bits per heavy atom. The summed E-state index contributed by atoms with van der Waals surface area (Å²) in [5, 5.41) is 8.77. The molecule has 1 N–H and O–H groups in total. The third-order valence-corrected chi connectivity index (χ3v) is 3.88. The van der Waals surface area contributed by atoms with Crippen molar-refractivity contribution in [1.29, 1.82) is 0 Å². The highest BCUT2D eigenvalue weighted by atomic mass is 35.5. The SMILES string of the molecule is CCCNC(Cc1cc(CC)nn1C)c1ncccc1Cl. The van der Waals surface area contributed by atoms with Crippen molar-refractivity contribution in [2.45, 2.75) is 39.2 Å². The molecule has 0 aliphatic rings. The van der Waals surface area contributed by atoms with Crippen molar-refractivity contribution in [3.8, 4) is 0 Å². The molecule has 2 aromatic rings. The van der Waals surface area contributed by atoms with E-state index in [9.17, 15) is 0 Å². The molecule has 0 radical (unpaired) electrons. The molecule has 114 valence electrons. The Morgan fingerprint density at radius 3 is 2.81 bits per heavy atom. The van der Waals surface area contributed by atoms with Gasteiger partial charge in [0.25, 0.3) is 0 Å². The highest BCUT2D eigenvalue weighted by Gasteiger charge is 2.18. The minimum atomic E-state index is 0.110. The van der Waals surface area contributed by atoms with Crippen LogP contribution >= 0.6 is 11.6 Å². The fourth-order valence-electron chi connectivity index (χ4n) is 2.38. The Morgan fingerprint density at radius 1 is 1.38 bits per heavy atom. The number of nitrogens with zero attached hydrogens (tertiary/aromatic N) is 3. The third kappa shape index (κ3) is 4.05. The fourth-order valence-corrected chi connectivity index (χ4v) is 2.64. The molecule has 1 atom stereocenters. The van der Waals surface area contributed by atoms with Crippen LogP contribution in [-0.4, -0.2) is 21.3 Å². The lowest BCUT2D eigenvalue weighted by molar-refractivity contribution is 0.502. The molecule has 0 aliphatic carbocycles. The topological polar surface area (TPSA) is 42.7 Å². The summed E-state index contributed by atoms with van der Waals surface area (Å²) in [7, 11) is 1.99. The van der Waals surface area contributed by atoms with Crippen molar-refractivity contribution < 1.29 is 0 Å². The quantitative estimate of drug-likeness (QED) is 0.853. The minimum Gasteiger partial charge on any atom is -0.308 e. The molecular weight excluding hydrogens is 284 g/mol. The van der Waals surface area contributed by atoms with Crippen LogP contribution in [0.2, 0.25) is 5.02 Å². The van der Waals surface area contributed by atoms with Crippen molar-refractivity contribution in [3.05, 3.63) is 46.5 Å². The zero-order valence-corrected chi connectivity index (χ0v) is 13.7. The van der Waals surface area contributed by atoms with E-state index >= 15 is 0 Å². The van der Waals surface area contributed by atoms with E-state index in [4.69, 9.17) is 11.6 Å². The van der Waals surface area contributed by atoms with Crippen LogP contribution in [0.5, 0.6) is 0 Å². The van der Waals surface area contributed by atoms with Gasteiger partial charge in [-0.1, -0.05) is 25.4 Å². The molecule has 0 aliphatic heterocycles. The molecule has 0 saturated heterocycles. The van der Waals surface area contributed by atoms with Gasteiger partial charge in [-0.2, -0.15) is 5.10 Å². The van der Waals surface area contributed by atoms with Crippen molar-refractivity contribution >= 4 is 11.6 Å². The summed E-state index contributed by atoms with van der Waals surface area (Å²) in [5.41, 5.74) is 3.22. The predicted octanol–water partition coefficient (Wildman–Crippen LogP) is 3.31. The zero-order chi connectivity index (χ0) is 15.2. The number of aryl methyl sites for hydroxylation is 2. The Kier molecular flexibility index (Phi) is 5.76. The smallest absolute Gasteiger partial charge is 0.0762 e. The molecule has 4 nitrogen and oxygen atoms in total. The number of halogens is 1. The molecule has 2 heterocycles. The van der Waals surface area contributed by atoms with Gasteiger partial charge in [0.2, 0.25) is 0 Å². The molecule has 0 spiro atoms. The Balaban J connectivity index is 2.24. The van der Waals surface area contributed by atoms with Crippen LogP contribution in [0.4, 0.5) is 0 Å². The van der Waals surface area contributed by atoms with Crippen LogP contribution < -0.4 is 5.32 Å². The predicted molar refractivity (Wildman–Crippen MR) is 86.6 cm³/mol. The second-order valence-corrected chi connectivity index (χ2v) is 5.59. The molecule has 0 aromatic carbocycles. The van der Waals surface area contributed by atoms with Crippen molar-refractivity contribution in [3.63, 3.8) is 0 Å². The van der Waals surface area contributed by atoms with Crippen LogP contribution in [0.1, 0.15) is 43.4 Å². The van der Waals surface area contributed by atoms with E-state index in [1.807, 2.05) is 23.9 Å².